The van der Waals surface area contributed by atoms with Crippen LogP contribution in [0.15, 0.2) is 24.7 Å². The van der Waals surface area contributed by atoms with Crippen LogP contribution in [0.1, 0.15) is 34.5 Å². The standard InChI is InChI=1S/C18H23N5O2/c1-22(2)17-20-12-13-4-10-25-18(15(13)21-17)5-8-23(9-6-18)16(24)14-3-7-19-11-14/h3,7,11-12,19H,4-6,8-10H2,1-2H3. The van der Waals surface area contributed by atoms with Crippen molar-refractivity contribution >= 4 is 11.9 Å². The molecule has 0 saturated carbocycles. The molecule has 0 atom stereocenters. The lowest BCUT2D eigenvalue weighted by Crippen LogP contribution is -2.49. The van der Waals surface area contributed by atoms with Crippen molar-refractivity contribution in [2.45, 2.75) is 24.9 Å². The number of piperidine rings is 1. The van der Waals surface area contributed by atoms with E-state index in [2.05, 4.69) is 9.97 Å². The molecule has 1 N–H and O–H groups in total. The molecule has 2 aromatic rings. The molecular formula is C18H23N5O2. The van der Waals surface area contributed by atoms with Gasteiger partial charge >= 0.3 is 0 Å². The van der Waals surface area contributed by atoms with Crippen molar-refractivity contribution in [3.8, 4) is 0 Å². The molecule has 4 rings (SSSR count). The van der Waals surface area contributed by atoms with E-state index >= 15 is 0 Å². The molecule has 2 aliphatic heterocycles. The van der Waals surface area contributed by atoms with Crippen LogP contribution < -0.4 is 4.90 Å². The summed E-state index contributed by atoms with van der Waals surface area (Å²) in [5, 5.41) is 0. The molecule has 0 aromatic carbocycles. The number of hydrogen-bond acceptors (Lipinski definition) is 5. The summed E-state index contributed by atoms with van der Waals surface area (Å²) in [4.78, 5) is 28.5. The van der Waals surface area contributed by atoms with E-state index in [4.69, 9.17) is 9.72 Å². The number of aromatic amines is 1. The van der Waals surface area contributed by atoms with Crippen LogP contribution in [0.4, 0.5) is 5.95 Å². The first-order valence-electron chi connectivity index (χ1n) is 8.69. The third-order valence-corrected chi connectivity index (χ3v) is 5.14. The Hall–Kier alpha value is -2.41. The number of fused-ring (bicyclic) bond motifs is 2. The fraction of sp³-hybridized carbons (Fsp3) is 0.500. The SMILES string of the molecule is CN(C)c1ncc2c(n1)C1(CCN(C(=O)c3cc[nH]c3)CC1)OCC2. The van der Waals surface area contributed by atoms with Gasteiger partial charge in [0, 0.05) is 45.8 Å². The van der Waals surface area contributed by atoms with Gasteiger partial charge in [0.2, 0.25) is 5.95 Å². The van der Waals surface area contributed by atoms with Gasteiger partial charge < -0.3 is 19.5 Å². The van der Waals surface area contributed by atoms with Crippen LogP contribution in [-0.2, 0) is 16.8 Å². The molecule has 0 bridgehead atoms. The summed E-state index contributed by atoms with van der Waals surface area (Å²) in [5.74, 6) is 0.776. The predicted molar refractivity (Wildman–Crippen MR) is 93.6 cm³/mol. The number of carbonyl (C=O) groups is 1. The van der Waals surface area contributed by atoms with Gasteiger partial charge in [0.25, 0.3) is 5.91 Å². The van der Waals surface area contributed by atoms with Crippen molar-refractivity contribution in [2.75, 3.05) is 38.7 Å². The second-order valence-electron chi connectivity index (χ2n) is 6.92. The zero-order chi connectivity index (χ0) is 17.4. The lowest BCUT2D eigenvalue weighted by atomic mass is 9.83. The molecule has 25 heavy (non-hydrogen) atoms. The highest BCUT2D eigenvalue weighted by Crippen LogP contribution is 2.40. The van der Waals surface area contributed by atoms with E-state index in [1.807, 2.05) is 36.2 Å². The van der Waals surface area contributed by atoms with Crippen LogP contribution in [0.25, 0.3) is 0 Å². The summed E-state index contributed by atoms with van der Waals surface area (Å²) in [6.45, 7) is 2.03. The first kappa shape index (κ1) is 16.1. The molecule has 132 valence electrons. The number of H-pyrrole nitrogens is 1. The second-order valence-corrected chi connectivity index (χ2v) is 6.92. The highest BCUT2D eigenvalue weighted by molar-refractivity contribution is 5.94. The number of carbonyl (C=O) groups excluding carboxylic acids is 1. The summed E-state index contributed by atoms with van der Waals surface area (Å²) < 4.78 is 6.23. The van der Waals surface area contributed by atoms with Crippen LogP contribution in [0.2, 0.25) is 0 Å². The Morgan fingerprint density at radius 3 is 2.84 bits per heavy atom. The summed E-state index contributed by atoms with van der Waals surface area (Å²) >= 11 is 0. The van der Waals surface area contributed by atoms with Gasteiger partial charge in [-0.2, -0.15) is 0 Å². The molecule has 4 heterocycles. The van der Waals surface area contributed by atoms with E-state index in [1.165, 1.54) is 5.56 Å². The van der Waals surface area contributed by atoms with Crippen LogP contribution in [0.3, 0.4) is 0 Å². The lowest BCUT2D eigenvalue weighted by molar-refractivity contribution is -0.0967. The molecule has 2 aromatic heterocycles. The van der Waals surface area contributed by atoms with E-state index in [1.54, 1.807) is 12.4 Å². The molecule has 7 nitrogen and oxygen atoms in total. The van der Waals surface area contributed by atoms with Crippen LogP contribution in [0.5, 0.6) is 0 Å². The number of ether oxygens (including phenoxy) is 1. The van der Waals surface area contributed by atoms with Gasteiger partial charge in [0.15, 0.2) is 0 Å². The number of amides is 1. The number of aromatic nitrogens is 3. The minimum Gasteiger partial charge on any atom is -0.368 e. The van der Waals surface area contributed by atoms with Crippen molar-refractivity contribution in [1.82, 2.24) is 19.9 Å². The predicted octanol–water partition coefficient (Wildman–Crippen LogP) is 1.57. The number of nitrogens with zero attached hydrogens (tertiary/aromatic N) is 4. The average Bonchev–Trinajstić information content (AvgIpc) is 3.16. The normalized spacial score (nSPS) is 18.9. The fourth-order valence-electron chi connectivity index (χ4n) is 3.71. The molecule has 7 heteroatoms. The van der Waals surface area contributed by atoms with E-state index < -0.39 is 5.60 Å². The third kappa shape index (κ3) is 2.78. The van der Waals surface area contributed by atoms with Gasteiger partial charge in [-0.05, 0) is 30.9 Å². The number of likely N-dealkylation sites (tertiary alicyclic amines) is 1. The fourth-order valence-corrected chi connectivity index (χ4v) is 3.71. The molecule has 0 aliphatic carbocycles. The molecule has 1 saturated heterocycles. The van der Waals surface area contributed by atoms with E-state index in [0.717, 1.165) is 25.0 Å². The first-order valence-corrected chi connectivity index (χ1v) is 8.69. The highest BCUT2D eigenvalue weighted by Gasteiger charge is 2.43. The number of anilines is 1. The molecular weight excluding hydrogens is 318 g/mol. The Morgan fingerprint density at radius 1 is 1.36 bits per heavy atom. The van der Waals surface area contributed by atoms with Gasteiger partial charge in [-0.25, -0.2) is 9.97 Å². The Balaban J connectivity index is 1.57. The highest BCUT2D eigenvalue weighted by atomic mass is 16.5. The summed E-state index contributed by atoms with van der Waals surface area (Å²) in [6, 6.07) is 1.82. The van der Waals surface area contributed by atoms with E-state index in [9.17, 15) is 4.79 Å². The number of nitrogens with one attached hydrogen (secondary N) is 1. The minimum absolute atomic E-state index is 0.0730. The van der Waals surface area contributed by atoms with Crippen molar-refractivity contribution in [3.63, 3.8) is 0 Å². The van der Waals surface area contributed by atoms with Crippen LogP contribution in [-0.4, -0.2) is 59.6 Å². The van der Waals surface area contributed by atoms with Crippen LogP contribution >= 0.6 is 0 Å². The largest absolute Gasteiger partial charge is 0.368 e. The lowest BCUT2D eigenvalue weighted by Gasteiger charge is -2.44. The maximum absolute atomic E-state index is 12.6. The Morgan fingerprint density at radius 2 is 2.16 bits per heavy atom. The maximum Gasteiger partial charge on any atom is 0.255 e. The molecule has 1 spiro atoms. The monoisotopic (exact) mass is 341 g/mol. The molecule has 0 radical (unpaired) electrons. The van der Waals surface area contributed by atoms with Crippen molar-refractivity contribution in [3.05, 3.63) is 41.5 Å². The first-order chi connectivity index (χ1) is 12.1. The summed E-state index contributed by atoms with van der Waals surface area (Å²) in [7, 11) is 3.88. The second kappa shape index (κ2) is 6.15. The van der Waals surface area contributed by atoms with Gasteiger partial charge in [0.1, 0.15) is 5.60 Å². The smallest absolute Gasteiger partial charge is 0.255 e. The van der Waals surface area contributed by atoms with E-state index in [0.29, 0.717) is 31.2 Å². The molecule has 1 amide bonds. The van der Waals surface area contributed by atoms with Gasteiger partial charge in [-0.15, -0.1) is 0 Å². The van der Waals surface area contributed by atoms with Crippen molar-refractivity contribution < 1.29 is 9.53 Å². The van der Waals surface area contributed by atoms with Gasteiger partial charge in [-0.1, -0.05) is 0 Å². The number of hydrogen-bond donors (Lipinski definition) is 1. The third-order valence-electron chi connectivity index (χ3n) is 5.14. The summed E-state index contributed by atoms with van der Waals surface area (Å²) in [6.07, 6.45) is 7.82. The van der Waals surface area contributed by atoms with Crippen molar-refractivity contribution in [1.29, 1.82) is 0 Å². The Labute approximate surface area is 147 Å². The minimum atomic E-state index is -0.393. The van der Waals surface area contributed by atoms with Gasteiger partial charge in [-0.3, -0.25) is 4.79 Å². The summed E-state index contributed by atoms with van der Waals surface area (Å²) in [5.41, 5.74) is 2.49. The zero-order valence-corrected chi connectivity index (χ0v) is 14.7. The van der Waals surface area contributed by atoms with E-state index in [-0.39, 0.29) is 5.91 Å². The Bertz CT molecular complexity index is 764. The Kier molecular flexibility index (Phi) is 3.95. The van der Waals surface area contributed by atoms with Gasteiger partial charge in [0.05, 0.1) is 17.9 Å². The van der Waals surface area contributed by atoms with Crippen LogP contribution in [0, 0.1) is 0 Å². The zero-order valence-electron chi connectivity index (χ0n) is 14.7. The average molecular weight is 341 g/mol. The number of rotatable bonds is 2. The molecule has 0 unspecified atom stereocenters. The molecule has 1 fully saturated rings. The quantitative estimate of drug-likeness (QED) is 0.898. The maximum atomic E-state index is 12.6. The molecule has 2 aliphatic rings. The topological polar surface area (TPSA) is 74.4 Å². The van der Waals surface area contributed by atoms with Crippen molar-refractivity contribution in [2.24, 2.45) is 0 Å².